The molecule has 0 saturated heterocycles. The van der Waals surface area contributed by atoms with Crippen LogP contribution in [0.25, 0.3) is 0 Å². The maximum Gasteiger partial charge on any atom is 0.194 e. The average molecular weight is 504 g/mol. The van der Waals surface area contributed by atoms with Gasteiger partial charge in [0.05, 0.1) is 19.8 Å². The minimum absolute atomic E-state index is 0. The van der Waals surface area contributed by atoms with Gasteiger partial charge in [-0.1, -0.05) is 35.9 Å². The molecule has 0 aliphatic heterocycles. The van der Waals surface area contributed by atoms with Crippen LogP contribution in [0.1, 0.15) is 24.2 Å². The minimum atomic E-state index is -0.672. The van der Waals surface area contributed by atoms with Crippen molar-refractivity contribution >= 4 is 41.5 Å². The summed E-state index contributed by atoms with van der Waals surface area (Å²) in [6.45, 7) is 3.71. The van der Waals surface area contributed by atoms with Gasteiger partial charge in [0.1, 0.15) is 5.75 Å². The largest absolute Gasteiger partial charge is 0.497 e. The fourth-order valence-electron chi connectivity index (χ4n) is 2.56. The monoisotopic (exact) mass is 503 g/mol. The molecule has 2 N–H and O–H groups in total. The van der Waals surface area contributed by atoms with Crippen LogP contribution in [0.3, 0.4) is 0 Å². The van der Waals surface area contributed by atoms with E-state index in [1.807, 2.05) is 67.4 Å². The normalized spacial score (nSPS) is 12.1. The maximum atomic E-state index is 10.4. The van der Waals surface area contributed by atoms with Gasteiger partial charge in [-0.25, -0.2) is 0 Å². The lowest BCUT2D eigenvalue weighted by molar-refractivity contribution is 0.186. The molecule has 2 aromatic rings. The SMILES string of the molecule is CCNC(=NCC(O)c1ccc(OC)cc1)N(C)Cc1cccc(Cl)c1.I. The topological polar surface area (TPSA) is 57.1 Å². The number of halogens is 2. The number of methoxy groups -OCH3 is 1. The quantitative estimate of drug-likeness (QED) is 0.339. The molecule has 2 rings (SSSR count). The number of nitrogens with one attached hydrogen (secondary N) is 1. The van der Waals surface area contributed by atoms with Gasteiger partial charge in [-0.3, -0.25) is 4.99 Å². The second-order valence-electron chi connectivity index (χ2n) is 5.97. The van der Waals surface area contributed by atoms with E-state index in [2.05, 4.69) is 10.3 Å². The first-order chi connectivity index (χ1) is 12.5. The lowest BCUT2D eigenvalue weighted by atomic mass is 10.1. The van der Waals surface area contributed by atoms with Gasteiger partial charge < -0.3 is 20.1 Å². The molecule has 148 valence electrons. The van der Waals surface area contributed by atoms with Crippen molar-refractivity contribution in [3.8, 4) is 5.75 Å². The van der Waals surface area contributed by atoms with E-state index in [-0.39, 0.29) is 30.5 Å². The van der Waals surface area contributed by atoms with E-state index in [1.54, 1.807) is 7.11 Å². The Morgan fingerprint density at radius 1 is 1.26 bits per heavy atom. The lowest BCUT2D eigenvalue weighted by Gasteiger charge is -2.23. The number of guanidine groups is 1. The van der Waals surface area contributed by atoms with Crippen LogP contribution in [0, 0.1) is 0 Å². The van der Waals surface area contributed by atoms with Crippen molar-refractivity contribution < 1.29 is 9.84 Å². The molecule has 0 fully saturated rings. The van der Waals surface area contributed by atoms with E-state index < -0.39 is 6.10 Å². The maximum absolute atomic E-state index is 10.4. The second kappa shape index (κ2) is 12.0. The summed E-state index contributed by atoms with van der Waals surface area (Å²) in [5, 5.41) is 14.4. The zero-order chi connectivity index (χ0) is 18.9. The molecular weight excluding hydrogens is 477 g/mol. The summed E-state index contributed by atoms with van der Waals surface area (Å²) in [4.78, 5) is 6.58. The van der Waals surface area contributed by atoms with Gasteiger partial charge in [0.15, 0.2) is 5.96 Å². The number of aliphatic hydroxyl groups excluding tert-OH is 1. The van der Waals surface area contributed by atoms with Gasteiger partial charge in [0, 0.05) is 25.2 Å². The summed E-state index contributed by atoms with van der Waals surface area (Å²) < 4.78 is 5.14. The van der Waals surface area contributed by atoms with E-state index in [0.29, 0.717) is 11.6 Å². The predicted molar refractivity (Wildman–Crippen MR) is 122 cm³/mol. The van der Waals surface area contributed by atoms with E-state index in [1.165, 1.54) is 0 Å². The Hall–Kier alpha value is -1.51. The third-order valence-corrected chi connectivity index (χ3v) is 4.15. The van der Waals surface area contributed by atoms with Crippen LogP contribution in [-0.2, 0) is 6.54 Å². The minimum Gasteiger partial charge on any atom is -0.497 e. The van der Waals surface area contributed by atoms with Crippen LogP contribution in [-0.4, -0.2) is 43.2 Å². The van der Waals surface area contributed by atoms with Crippen molar-refractivity contribution in [1.82, 2.24) is 10.2 Å². The zero-order valence-corrected chi connectivity index (χ0v) is 18.9. The van der Waals surface area contributed by atoms with Gasteiger partial charge in [-0.05, 0) is 42.3 Å². The Morgan fingerprint density at radius 2 is 1.96 bits per heavy atom. The van der Waals surface area contributed by atoms with Crippen LogP contribution >= 0.6 is 35.6 Å². The molecular formula is C20H27ClIN3O2. The van der Waals surface area contributed by atoms with Crippen molar-refractivity contribution in [2.24, 2.45) is 4.99 Å². The van der Waals surface area contributed by atoms with E-state index in [4.69, 9.17) is 16.3 Å². The van der Waals surface area contributed by atoms with Gasteiger partial charge in [-0.15, -0.1) is 24.0 Å². The fraction of sp³-hybridized carbons (Fsp3) is 0.350. The Labute approximate surface area is 183 Å². The number of nitrogens with zero attached hydrogens (tertiary/aromatic N) is 2. The molecule has 0 aliphatic carbocycles. The Balaban J connectivity index is 0.00000364. The molecule has 1 unspecified atom stereocenters. The molecule has 2 aromatic carbocycles. The van der Waals surface area contributed by atoms with Crippen molar-refractivity contribution in [3.63, 3.8) is 0 Å². The predicted octanol–water partition coefficient (Wildman–Crippen LogP) is 4.10. The number of hydrogen-bond donors (Lipinski definition) is 2. The first-order valence-corrected chi connectivity index (χ1v) is 8.97. The highest BCUT2D eigenvalue weighted by Gasteiger charge is 2.11. The molecule has 0 heterocycles. The molecule has 1 atom stereocenters. The molecule has 0 radical (unpaired) electrons. The molecule has 7 heteroatoms. The molecule has 0 spiro atoms. The Bertz CT molecular complexity index is 725. The van der Waals surface area contributed by atoms with Crippen LogP contribution in [0.15, 0.2) is 53.5 Å². The Morgan fingerprint density at radius 3 is 2.56 bits per heavy atom. The van der Waals surface area contributed by atoms with Crippen molar-refractivity contribution in [2.45, 2.75) is 19.6 Å². The molecule has 0 saturated carbocycles. The average Bonchev–Trinajstić information content (AvgIpc) is 2.64. The number of ether oxygens (including phenoxy) is 1. The number of aliphatic hydroxyl groups is 1. The summed E-state index contributed by atoms with van der Waals surface area (Å²) in [5.41, 5.74) is 1.91. The third kappa shape index (κ3) is 7.56. The first-order valence-electron chi connectivity index (χ1n) is 8.59. The number of aliphatic imine (C=N–C) groups is 1. The van der Waals surface area contributed by atoms with Crippen LogP contribution < -0.4 is 10.1 Å². The summed E-state index contributed by atoms with van der Waals surface area (Å²) in [6.07, 6.45) is -0.672. The van der Waals surface area contributed by atoms with Gasteiger partial charge in [0.25, 0.3) is 0 Å². The molecule has 0 aromatic heterocycles. The Kier molecular flexibility index (Phi) is 10.5. The zero-order valence-electron chi connectivity index (χ0n) is 15.9. The second-order valence-corrected chi connectivity index (χ2v) is 6.41. The summed E-state index contributed by atoms with van der Waals surface area (Å²) in [5.74, 6) is 1.50. The smallest absolute Gasteiger partial charge is 0.194 e. The van der Waals surface area contributed by atoms with E-state index >= 15 is 0 Å². The van der Waals surface area contributed by atoms with Gasteiger partial charge in [0.2, 0.25) is 0 Å². The summed E-state index contributed by atoms with van der Waals surface area (Å²) >= 11 is 6.05. The van der Waals surface area contributed by atoms with Crippen molar-refractivity contribution in [3.05, 3.63) is 64.7 Å². The molecule has 0 bridgehead atoms. The number of rotatable bonds is 7. The van der Waals surface area contributed by atoms with Crippen molar-refractivity contribution in [2.75, 3.05) is 27.2 Å². The molecule has 27 heavy (non-hydrogen) atoms. The number of benzene rings is 2. The summed E-state index contributed by atoms with van der Waals surface area (Å²) in [6, 6.07) is 15.1. The molecule has 0 aliphatic rings. The van der Waals surface area contributed by atoms with Gasteiger partial charge in [-0.2, -0.15) is 0 Å². The first kappa shape index (κ1) is 23.5. The number of hydrogen-bond acceptors (Lipinski definition) is 3. The van der Waals surface area contributed by atoms with E-state index in [0.717, 1.165) is 29.4 Å². The van der Waals surface area contributed by atoms with E-state index in [9.17, 15) is 5.11 Å². The molecule has 5 nitrogen and oxygen atoms in total. The summed E-state index contributed by atoms with van der Waals surface area (Å²) in [7, 11) is 3.58. The van der Waals surface area contributed by atoms with Gasteiger partial charge >= 0.3 is 0 Å². The lowest BCUT2D eigenvalue weighted by Crippen LogP contribution is -2.38. The van der Waals surface area contributed by atoms with Crippen molar-refractivity contribution in [1.29, 1.82) is 0 Å². The van der Waals surface area contributed by atoms with Crippen LogP contribution in [0.5, 0.6) is 5.75 Å². The van der Waals surface area contributed by atoms with Crippen LogP contribution in [0.2, 0.25) is 5.02 Å². The fourth-order valence-corrected chi connectivity index (χ4v) is 2.77. The van der Waals surface area contributed by atoms with Crippen LogP contribution in [0.4, 0.5) is 0 Å². The highest BCUT2D eigenvalue weighted by atomic mass is 127. The highest BCUT2D eigenvalue weighted by molar-refractivity contribution is 14.0. The third-order valence-electron chi connectivity index (χ3n) is 3.92. The molecule has 0 amide bonds. The standard InChI is InChI=1S/C20H26ClN3O2.HI/c1-4-22-20(24(2)14-15-6-5-7-17(21)12-15)23-13-19(25)16-8-10-18(26-3)11-9-16;/h5-12,19,25H,4,13-14H2,1-3H3,(H,22,23);1H. The highest BCUT2D eigenvalue weighted by Crippen LogP contribution is 2.18.